The summed E-state index contributed by atoms with van der Waals surface area (Å²) in [5.74, 6) is -0.624. The van der Waals surface area contributed by atoms with Crippen LogP contribution in [0.4, 0.5) is 5.69 Å². The minimum Gasteiger partial charge on any atom is -0.330 e. The van der Waals surface area contributed by atoms with Gasteiger partial charge in [-0.25, -0.2) is 4.90 Å². The summed E-state index contributed by atoms with van der Waals surface area (Å²) in [5.41, 5.74) is 1.72. The number of anilines is 1. The van der Waals surface area contributed by atoms with Gasteiger partial charge in [-0.05, 0) is 89.8 Å². The van der Waals surface area contributed by atoms with Crippen LogP contribution in [0.15, 0.2) is 35.9 Å². The minimum atomic E-state index is -0.717. The first-order valence-electron chi connectivity index (χ1n) is 11.7. The number of allylic oxidation sites excluding steroid dienone is 1. The van der Waals surface area contributed by atoms with Crippen molar-refractivity contribution in [2.24, 2.45) is 16.7 Å². The summed E-state index contributed by atoms with van der Waals surface area (Å²) in [6.45, 7) is 8.99. The van der Waals surface area contributed by atoms with Crippen LogP contribution in [0.2, 0.25) is 0 Å². The van der Waals surface area contributed by atoms with Crippen molar-refractivity contribution in [2.45, 2.75) is 72.3 Å². The highest BCUT2D eigenvalue weighted by molar-refractivity contribution is 14.1. The number of benzene rings is 1. The average molecular weight is 548 g/mol. The molecule has 1 aromatic carbocycles. The fourth-order valence-corrected chi connectivity index (χ4v) is 5.88. The van der Waals surface area contributed by atoms with Crippen LogP contribution in [0, 0.1) is 20.3 Å². The van der Waals surface area contributed by atoms with Gasteiger partial charge in [0.05, 0.1) is 12.1 Å². The number of hydrogen-bond donors (Lipinski definition) is 0. The molecular weight excluding hydrogens is 515 g/mol. The van der Waals surface area contributed by atoms with Crippen molar-refractivity contribution in [1.29, 1.82) is 0 Å². The lowest BCUT2D eigenvalue weighted by atomic mass is 9.96. The molecule has 5 nitrogen and oxygen atoms in total. The molecule has 0 aromatic heterocycles. The smallest absolute Gasteiger partial charge is 0.257 e. The van der Waals surface area contributed by atoms with Crippen LogP contribution in [-0.4, -0.2) is 35.2 Å². The molecule has 1 atom stereocenters. The molecule has 3 amide bonds. The zero-order valence-electron chi connectivity index (χ0n) is 19.5. The molecule has 4 rings (SSSR count). The highest BCUT2D eigenvalue weighted by Crippen LogP contribution is 2.69. The maximum atomic E-state index is 13.8. The molecule has 32 heavy (non-hydrogen) atoms. The molecule has 1 saturated heterocycles. The van der Waals surface area contributed by atoms with E-state index in [0.29, 0.717) is 12.2 Å². The van der Waals surface area contributed by atoms with Crippen molar-refractivity contribution >= 4 is 46.0 Å². The van der Waals surface area contributed by atoms with Gasteiger partial charge < -0.3 is 4.90 Å². The van der Waals surface area contributed by atoms with E-state index in [1.54, 1.807) is 17.0 Å². The number of carbonyl (C=O) groups excluding carboxylic acids is 3. The molecule has 1 heterocycles. The number of amides is 3. The first kappa shape index (κ1) is 23.5. The van der Waals surface area contributed by atoms with E-state index < -0.39 is 6.04 Å². The molecule has 2 aliphatic carbocycles. The van der Waals surface area contributed by atoms with E-state index in [2.05, 4.69) is 56.4 Å². The molecule has 2 fully saturated rings. The van der Waals surface area contributed by atoms with Gasteiger partial charge in [-0.3, -0.25) is 14.4 Å². The molecule has 6 heteroatoms. The summed E-state index contributed by atoms with van der Waals surface area (Å²) >= 11 is 2.20. The van der Waals surface area contributed by atoms with E-state index in [1.165, 1.54) is 23.3 Å². The molecule has 172 valence electrons. The second kappa shape index (κ2) is 8.58. The van der Waals surface area contributed by atoms with Gasteiger partial charge in [-0.2, -0.15) is 0 Å². The second-order valence-electron chi connectivity index (χ2n) is 10.5. The Bertz CT molecular complexity index is 950. The van der Waals surface area contributed by atoms with Gasteiger partial charge in [0.2, 0.25) is 11.8 Å². The Morgan fingerprint density at radius 1 is 1.09 bits per heavy atom. The number of carbonyl (C=O) groups is 3. The van der Waals surface area contributed by atoms with Crippen LogP contribution < -0.4 is 4.90 Å². The third-order valence-corrected chi connectivity index (χ3v) is 8.91. The van der Waals surface area contributed by atoms with E-state index in [1.807, 2.05) is 12.1 Å². The van der Waals surface area contributed by atoms with Gasteiger partial charge in [0.25, 0.3) is 5.91 Å². The standard InChI is InChI=1S/C26H33IN2O3/c1-25(2)22(26(25,3)4)24(32)28(15-14-17-8-6-5-7-9-17)20-16-21(30)29(23(20)31)19-12-10-18(27)11-13-19/h8,10-13,20,22H,5-7,9,14-16H2,1-4H3. The van der Waals surface area contributed by atoms with Gasteiger partial charge in [-0.15, -0.1) is 0 Å². The molecule has 1 aromatic rings. The largest absolute Gasteiger partial charge is 0.330 e. The van der Waals surface area contributed by atoms with Crippen molar-refractivity contribution in [3.8, 4) is 0 Å². The number of nitrogens with zero attached hydrogens (tertiary/aromatic N) is 2. The van der Waals surface area contributed by atoms with Crippen LogP contribution in [0.1, 0.15) is 66.2 Å². The van der Waals surface area contributed by atoms with E-state index in [4.69, 9.17) is 0 Å². The topological polar surface area (TPSA) is 57.7 Å². The Morgan fingerprint density at radius 3 is 2.31 bits per heavy atom. The van der Waals surface area contributed by atoms with E-state index >= 15 is 0 Å². The molecule has 0 bridgehead atoms. The number of imide groups is 1. The lowest BCUT2D eigenvalue weighted by Gasteiger charge is -2.29. The van der Waals surface area contributed by atoms with Crippen molar-refractivity contribution in [3.05, 3.63) is 39.5 Å². The third-order valence-electron chi connectivity index (χ3n) is 8.19. The highest BCUT2D eigenvalue weighted by atomic mass is 127. The van der Waals surface area contributed by atoms with Crippen LogP contribution in [0.25, 0.3) is 0 Å². The molecule has 0 radical (unpaired) electrons. The second-order valence-corrected chi connectivity index (χ2v) is 11.8. The first-order chi connectivity index (χ1) is 15.1. The summed E-state index contributed by atoms with van der Waals surface area (Å²) < 4.78 is 1.04. The predicted octanol–water partition coefficient (Wildman–Crippen LogP) is 5.32. The molecular formula is C26H33IN2O3. The number of hydrogen-bond acceptors (Lipinski definition) is 3. The van der Waals surface area contributed by atoms with Crippen LogP contribution in [0.5, 0.6) is 0 Å². The predicted molar refractivity (Wildman–Crippen MR) is 134 cm³/mol. The zero-order chi connectivity index (χ0) is 23.3. The third kappa shape index (κ3) is 4.03. The molecule has 0 spiro atoms. The average Bonchev–Trinajstić information content (AvgIpc) is 2.98. The minimum absolute atomic E-state index is 0.0204. The normalized spacial score (nSPS) is 24.5. The Labute approximate surface area is 204 Å². The van der Waals surface area contributed by atoms with Gasteiger partial charge in [0.15, 0.2) is 0 Å². The Kier molecular flexibility index (Phi) is 6.29. The van der Waals surface area contributed by atoms with Crippen LogP contribution >= 0.6 is 22.6 Å². The first-order valence-corrected chi connectivity index (χ1v) is 12.7. The molecule has 1 saturated carbocycles. The Hall–Kier alpha value is -1.70. The Balaban J connectivity index is 1.59. The lowest BCUT2D eigenvalue weighted by Crippen LogP contribution is -2.47. The summed E-state index contributed by atoms with van der Waals surface area (Å²) in [7, 11) is 0. The molecule has 3 aliphatic rings. The zero-order valence-corrected chi connectivity index (χ0v) is 21.6. The van der Waals surface area contributed by atoms with Crippen molar-refractivity contribution < 1.29 is 14.4 Å². The molecule has 0 N–H and O–H groups in total. The van der Waals surface area contributed by atoms with E-state index in [0.717, 1.165) is 22.8 Å². The van der Waals surface area contributed by atoms with E-state index in [9.17, 15) is 14.4 Å². The summed E-state index contributed by atoms with van der Waals surface area (Å²) in [6.07, 6.45) is 7.68. The van der Waals surface area contributed by atoms with Crippen molar-refractivity contribution in [3.63, 3.8) is 0 Å². The highest BCUT2D eigenvalue weighted by Gasteiger charge is 2.69. The molecule has 1 aliphatic heterocycles. The van der Waals surface area contributed by atoms with Gasteiger partial charge in [0, 0.05) is 16.0 Å². The fourth-order valence-electron chi connectivity index (χ4n) is 5.52. The number of halogens is 1. The van der Waals surface area contributed by atoms with Gasteiger partial charge >= 0.3 is 0 Å². The summed E-state index contributed by atoms with van der Waals surface area (Å²) in [5, 5.41) is 0. The maximum Gasteiger partial charge on any atom is 0.257 e. The maximum absolute atomic E-state index is 13.8. The summed E-state index contributed by atoms with van der Waals surface area (Å²) in [6, 6.07) is 6.65. The monoisotopic (exact) mass is 548 g/mol. The summed E-state index contributed by atoms with van der Waals surface area (Å²) in [4.78, 5) is 43.1. The number of rotatable bonds is 6. The molecule has 1 unspecified atom stereocenters. The van der Waals surface area contributed by atoms with E-state index in [-0.39, 0.29) is 40.9 Å². The van der Waals surface area contributed by atoms with Crippen molar-refractivity contribution in [2.75, 3.05) is 11.4 Å². The van der Waals surface area contributed by atoms with Gasteiger partial charge in [0.1, 0.15) is 6.04 Å². The van der Waals surface area contributed by atoms with Crippen LogP contribution in [-0.2, 0) is 14.4 Å². The SMILES string of the molecule is CC1(C)C(C(=O)N(CCC2=CCCCC2)C2CC(=O)N(c3ccc(I)cc3)C2=O)C1(C)C. The fraction of sp³-hybridized carbons (Fsp3) is 0.577. The lowest BCUT2D eigenvalue weighted by molar-refractivity contribution is -0.140. The van der Waals surface area contributed by atoms with Crippen LogP contribution in [0.3, 0.4) is 0 Å². The van der Waals surface area contributed by atoms with Gasteiger partial charge in [-0.1, -0.05) is 39.3 Å². The quantitative estimate of drug-likeness (QED) is 0.275. The Morgan fingerprint density at radius 2 is 1.75 bits per heavy atom. The van der Waals surface area contributed by atoms with Crippen molar-refractivity contribution in [1.82, 2.24) is 4.90 Å².